The van der Waals surface area contributed by atoms with Crippen molar-refractivity contribution in [1.82, 2.24) is 14.8 Å². The van der Waals surface area contributed by atoms with Gasteiger partial charge < -0.3 is 19.4 Å². The molecule has 1 fully saturated rings. The summed E-state index contributed by atoms with van der Waals surface area (Å²) >= 11 is 0. The van der Waals surface area contributed by atoms with E-state index < -0.39 is 0 Å². The quantitative estimate of drug-likeness (QED) is 0.766. The molecule has 1 aromatic carbocycles. The van der Waals surface area contributed by atoms with Crippen molar-refractivity contribution in [1.29, 1.82) is 0 Å². The van der Waals surface area contributed by atoms with Crippen molar-refractivity contribution in [3.8, 4) is 5.75 Å². The number of ether oxygens (including phenoxy) is 1. The minimum absolute atomic E-state index is 0.0343. The molecule has 0 N–H and O–H groups in total. The van der Waals surface area contributed by atoms with Crippen LogP contribution >= 0.6 is 0 Å². The zero-order valence-electron chi connectivity index (χ0n) is 17.3. The Morgan fingerprint density at radius 2 is 1.87 bits per heavy atom. The highest BCUT2D eigenvalue weighted by atomic mass is 16.5. The number of rotatable bonds is 2. The molecule has 7 nitrogen and oxygen atoms in total. The first kappa shape index (κ1) is 18.9. The summed E-state index contributed by atoms with van der Waals surface area (Å²) in [6, 6.07) is 7.74. The van der Waals surface area contributed by atoms with Crippen LogP contribution in [0.5, 0.6) is 5.75 Å². The molecule has 0 radical (unpaired) electrons. The molecule has 0 bridgehead atoms. The van der Waals surface area contributed by atoms with Gasteiger partial charge in [-0.3, -0.25) is 9.59 Å². The van der Waals surface area contributed by atoms with Crippen LogP contribution in [0.1, 0.15) is 52.0 Å². The highest BCUT2D eigenvalue weighted by molar-refractivity contribution is 5.99. The van der Waals surface area contributed by atoms with Gasteiger partial charge in [-0.25, -0.2) is 4.98 Å². The zero-order valence-corrected chi connectivity index (χ0v) is 17.3. The van der Waals surface area contributed by atoms with Crippen molar-refractivity contribution in [2.45, 2.75) is 32.2 Å². The lowest BCUT2D eigenvalue weighted by Crippen LogP contribution is -2.33. The fourth-order valence-corrected chi connectivity index (χ4v) is 4.54. The lowest BCUT2D eigenvalue weighted by atomic mass is 10.1. The van der Waals surface area contributed by atoms with Crippen LogP contribution in [-0.4, -0.2) is 59.9 Å². The molecule has 30 heavy (non-hydrogen) atoms. The van der Waals surface area contributed by atoms with Crippen molar-refractivity contribution in [2.75, 3.05) is 38.2 Å². The summed E-state index contributed by atoms with van der Waals surface area (Å²) in [5.41, 5.74) is 3.36. The van der Waals surface area contributed by atoms with E-state index in [4.69, 9.17) is 4.74 Å². The van der Waals surface area contributed by atoms with E-state index in [0.717, 1.165) is 42.7 Å². The van der Waals surface area contributed by atoms with Gasteiger partial charge in [-0.1, -0.05) is 12.8 Å². The Bertz CT molecular complexity index is 998. The van der Waals surface area contributed by atoms with Crippen LogP contribution in [0.4, 0.5) is 11.5 Å². The first-order chi connectivity index (χ1) is 14.6. The number of fused-ring (bicyclic) bond motifs is 2. The smallest absolute Gasteiger partial charge is 0.255 e. The number of hydrogen-bond acceptors (Lipinski definition) is 5. The highest BCUT2D eigenvalue weighted by Crippen LogP contribution is 2.37. The molecular formula is C23H26N4O3. The summed E-state index contributed by atoms with van der Waals surface area (Å²) in [7, 11) is 1.82. The number of nitrogens with zero attached hydrogens (tertiary/aromatic N) is 4. The molecule has 1 saturated heterocycles. The van der Waals surface area contributed by atoms with E-state index in [1.165, 1.54) is 12.8 Å². The lowest BCUT2D eigenvalue weighted by Gasteiger charge is -2.31. The summed E-state index contributed by atoms with van der Waals surface area (Å²) in [6.07, 6.45) is 6.16. The second kappa shape index (κ2) is 7.63. The Morgan fingerprint density at radius 3 is 2.67 bits per heavy atom. The van der Waals surface area contributed by atoms with Gasteiger partial charge >= 0.3 is 0 Å². The van der Waals surface area contributed by atoms with Gasteiger partial charge in [0, 0.05) is 44.1 Å². The van der Waals surface area contributed by atoms with Gasteiger partial charge in [-0.05, 0) is 42.7 Å². The summed E-state index contributed by atoms with van der Waals surface area (Å²) in [5.74, 6) is 1.45. The van der Waals surface area contributed by atoms with E-state index in [0.29, 0.717) is 36.8 Å². The molecule has 156 valence electrons. The minimum Gasteiger partial charge on any atom is -0.488 e. The molecule has 0 unspecified atom stereocenters. The average molecular weight is 406 g/mol. The van der Waals surface area contributed by atoms with E-state index >= 15 is 0 Å². The number of hydrogen-bond donors (Lipinski definition) is 0. The topological polar surface area (TPSA) is 66.0 Å². The average Bonchev–Trinajstić information content (AvgIpc) is 2.94. The van der Waals surface area contributed by atoms with Gasteiger partial charge in [0.05, 0.1) is 12.1 Å². The predicted octanol–water partition coefficient (Wildman–Crippen LogP) is 3.21. The number of anilines is 2. The maximum atomic E-state index is 13.0. The third-order valence-corrected chi connectivity index (χ3v) is 6.19. The predicted molar refractivity (Wildman–Crippen MR) is 113 cm³/mol. The maximum absolute atomic E-state index is 13.0. The third kappa shape index (κ3) is 3.28. The molecule has 5 rings (SSSR count). The molecule has 0 atom stereocenters. The van der Waals surface area contributed by atoms with Crippen LogP contribution in [-0.2, 0) is 6.54 Å². The molecule has 0 spiro atoms. The zero-order chi connectivity index (χ0) is 20.7. The molecule has 3 aliphatic rings. The van der Waals surface area contributed by atoms with Crippen LogP contribution in [0.2, 0.25) is 0 Å². The lowest BCUT2D eigenvalue weighted by molar-refractivity contribution is 0.0759. The summed E-state index contributed by atoms with van der Waals surface area (Å²) in [4.78, 5) is 35.5. The van der Waals surface area contributed by atoms with Gasteiger partial charge in [0.15, 0.2) is 11.6 Å². The molecular weight excluding hydrogens is 380 g/mol. The Kier molecular flexibility index (Phi) is 4.81. The number of benzene rings is 1. The number of pyridine rings is 1. The van der Waals surface area contributed by atoms with Crippen molar-refractivity contribution in [3.63, 3.8) is 0 Å². The van der Waals surface area contributed by atoms with Crippen LogP contribution in [0.25, 0.3) is 0 Å². The van der Waals surface area contributed by atoms with Crippen LogP contribution in [0.3, 0.4) is 0 Å². The second-order valence-electron chi connectivity index (χ2n) is 8.25. The summed E-state index contributed by atoms with van der Waals surface area (Å²) in [6.45, 7) is 3.43. The third-order valence-electron chi connectivity index (χ3n) is 6.19. The van der Waals surface area contributed by atoms with Gasteiger partial charge in [-0.2, -0.15) is 0 Å². The van der Waals surface area contributed by atoms with Crippen LogP contribution < -0.4 is 9.64 Å². The Balaban J connectivity index is 1.42. The van der Waals surface area contributed by atoms with E-state index in [1.807, 2.05) is 30.1 Å². The maximum Gasteiger partial charge on any atom is 0.255 e. The molecule has 2 aromatic rings. The fraction of sp³-hybridized carbons (Fsp3) is 0.435. The van der Waals surface area contributed by atoms with Crippen LogP contribution in [0.15, 0.2) is 30.5 Å². The molecule has 7 heteroatoms. The molecule has 0 saturated carbocycles. The minimum atomic E-state index is 0.0343. The second-order valence-corrected chi connectivity index (χ2v) is 8.25. The van der Waals surface area contributed by atoms with Gasteiger partial charge in [-0.15, -0.1) is 0 Å². The van der Waals surface area contributed by atoms with Crippen molar-refractivity contribution >= 4 is 23.3 Å². The van der Waals surface area contributed by atoms with E-state index in [9.17, 15) is 9.59 Å². The molecule has 2 amide bonds. The van der Waals surface area contributed by atoms with Gasteiger partial charge in [0.25, 0.3) is 11.8 Å². The van der Waals surface area contributed by atoms with Gasteiger partial charge in [0.1, 0.15) is 6.61 Å². The standard InChI is InChI=1S/C23H26N4O3/c1-25-15-17-12-18(6-7-19(17)23(25)29)27-10-11-30-20-13-16(14-24-21(20)27)22(28)26-8-4-2-3-5-9-26/h6-7,12-14H,2-5,8-11,15H2,1H3. The molecule has 1 aromatic heterocycles. The Morgan fingerprint density at radius 1 is 1.07 bits per heavy atom. The monoisotopic (exact) mass is 406 g/mol. The number of likely N-dealkylation sites (tertiary alicyclic amines) is 1. The number of carbonyl (C=O) groups excluding carboxylic acids is 2. The van der Waals surface area contributed by atoms with E-state index in [-0.39, 0.29) is 11.8 Å². The van der Waals surface area contributed by atoms with Gasteiger partial charge in [0.2, 0.25) is 0 Å². The normalized spacial score (nSPS) is 18.6. The number of aromatic nitrogens is 1. The number of amides is 2. The Hall–Kier alpha value is -3.09. The SMILES string of the molecule is CN1Cc2cc(N3CCOc4cc(C(=O)N5CCCCCC5)cnc43)ccc2C1=O. The van der Waals surface area contributed by atoms with E-state index in [2.05, 4.69) is 16.0 Å². The molecule has 4 heterocycles. The summed E-state index contributed by atoms with van der Waals surface area (Å²) < 4.78 is 5.87. The van der Waals surface area contributed by atoms with Crippen molar-refractivity contribution < 1.29 is 14.3 Å². The van der Waals surface area contributed by atoms with Crippen molar-refractivity contribution in [3.05, 3.63) is 47.2 Å². The summed E-state index contributed by atoms with van der Waals surface area (Å²) in [5, 5.41) is 0. The largest absolute Gasteiger partial charge is 0.488 e. The fourth-order valence-electron chi connectivity index (χ4n) is 4.54. The van der Waals surface area contributed by atoms with Crippen molar-refractivity contribution in [2.24, 2.45) is 0 Å². The molecule has 3 aliphatic heterocycles. The first-order valence-electron chi connectivity index (χ1n) is 10.7. The van der Waals surface area contributed by atoms with E-state index in [1.54, 1.807) is 11.1 Å². The Labute approximate surface area is 176 Å². The molecule has 0 aliphatic carbocycles. The first-order valence-corrected chi connectivity index (χ1v) is 10.7. The number of carbonyl (C=O) groups is 2. The van der Waals surface area contributed by atoms with Crippen LogP contribution in [0, 0.1) is 0 Å². The highest BCUT2D eigenvalue weighted by Gasteiger charge is 2.28.